The molecule has 0 fully saturated rings. The SMILES string of the molecule is Cc1ccc(OCCN(C)c2nc3c(cnn3C(C)(C)C)c(=O)[nH]2)cc1. The van der Waals surface area contributed by atoms with Gasteiger partial charge in [-0.15, -0.1) is 0 Å². The molecule has 0 bridgehead atoms. The van der Waals surface area contributed by atoms with Crippen molar-refractivity contribution in [2.45, 2.75) is 33.2 Å². The van der Waals surface area contributed by atoms with Crippen LogP contribution in [0.15, 0.2) is 35.3 Å². The first-order chi connectivity index (χ1) is 12.3. The maximum absolute atomic E-state index is 12.4. The number of ether oxygens (including phenoxy) is 1. The lowest BCUT2D eigenvalue weighted by molar-refractivity contribution is 0.325. The molecule has 0 radical (unpaired) electrons. The number of fused-ring (bicyclic) bond motifs is 1. The van der Waals surface area contributed by atoms with Crippen molar-refractivity contribution in [1.82, 2.24) is 19.7 Å². The predicted octanol–water partition coefficient (Wildman–Crippen LogP) is 2.70. The van der Waals surface area contributed by atoms with Crippen LogP contribution in [0.1, 0.15) is 26.3 Å². The maximum Gasteiger partial charge on any atom is 0.263 e. The number of aromatic nitrogens is 4. The van der Waals surface area contributed by atoms with Crippen molar-refractivity contribution in [2.75, 3.05) is 25.1 Å². The Kier molecular flexibility index (Phi) is 4.71. The minimum atomic E-state index is -0.257. The number of hydrogen-bond donors (Lipinski definition) is 1. The van der Waals surface area contributed by atoms with Crippen molar-refractivity contribution in [3.05, 3.63) is 46.4 Å². The Morgan fingerprint density at radius 2 is 1.92 bits per heavy atom. The van der Waals surface area contributed by atoms with Crippen LogP contribution in [0.4, 0.5) is 5.95 Å². The molecule has 2 aromatic heterocycles. The first-order valence-electron chi connectivity index (χ1n) is 8.65. The normalized spacial score (nSPS) is 11.7. The molecule has 0 unspecified atom stereocenters. The second-order valence-electron chi connectivity index (χ2n) is 7.44. The van der Waals surface area contributed by atoms with E-state index in [4.69, 9.17) is 4.74 Å². The number of nitrogens with one attached hydrogen (secondary N) is 1. The van der Waals surface area contributed by atoms with Crippen LogP contribution in [0.5, 0.6) is 5.75 Å². The third-order valence-electron chi connectivity index (χ3n) is 4.14. The van der Waals surface area contributed by atoms with Crippen LogP contribution in [0.3, 0.4) is 0 Å². The van der Waals surface area contributed by atoms with E-state index in [0.717, 1.165) is 5.75 Å². The molecule has 26 heavy (non-hydrogen) atoms. The van der Waals surface area contributed by atoms with Crippen LogP contribution in [0.2, 0.25) is 0 Å². The summed E-state index contributed by atoms with van der Waals surface area (Å²) < 4.78 is 7.53. The van der Waals surface area contributed by atoms with E-state index in [-0.39, 0.29) is 11.1 Å². The first kappa shape index (κ1) is 18.0. The zero-order valence-electron chi connectivity index (χ0n) is 15.9. The summed E-state index contributed by atoms with van der Waals surface area (Å²) in [7, 11) is 1.88. The van der Waals surface area contributed by atoms with Gasteiger partial charge < -0.3 is 9.64 Å². The highest BCUT2D eigenvalue weighted by molar-refractivity contribution is 5.74. The highest BCUT2D eigenvalue weighted by Crippen LogP contribution is 2.19. The van der Waals surface area contributed by atoms with Crippen molar-refractivity contribution in [2.24, 2.45) is 0 Å². The van der Waals surface area contributed by atoms with Crippen molar-refractivity contribution < 1.29 is 4.74 Å². The average molecular weight is 355 g/mol. The molecule has 138 valence electrons. The number of aromatic amines is 1. The van der Waals surface area contributed by atoms with E-state index in [1.165, 1.54) is 5.56 Å². The monoisotopic (exact) mass is 355 g/mol. The highest BCUT2D eigenvalue weighted by atomic mass is 16.5. The molecule has 3 aromatic rings. The van der Waals surface area contributed by atoms with E-state index in [1.54, 1.807) is 10.9 Å². The second-order valence-corrected chi connectivity index (χ2v) is 7.44. The molecule has 0 saturated carbocycles. The molecule has 7 heteroatoms. The number of aryl methyl sites for hydroxylation is 1. The van der Waals surface area contributed by atoms with Crippen LogP contribution >= 0.6 is 0 Å². The molecule has 0 amide bonds. The van der Waals surface area contributed by atoms with Gasteiger partial charge in [-0.2, -0.15) is 10.1 Å². The summed E-state index contributed by atoms with van der Waals surface area (Å²) in [6.45, 7) is 9.20. The van der Waals surface area contributed by atoms with Crippen molar-refractivity contribution >= 4 is 17.0 Å². The zero-order chi connectivity index (χ0) is 18.9. The van der Waals surface area contributed by atoms with Gasteiger partial charge in [0.15, 0.2) is 5.65 Å². The Labute approximate surface area is 152 Å². The number of hydrogen-bond acceptors (Lipinski definition) is 5. The van der Waals surface area contributed by atoms with E-state index in [2.05, 4.69) is 15.1 Å². The summed E-state index contributed by atoms with van der Waals surface area (Å²) in [6, 6.07) is 7.92. The predicted molar refractivity (Wildman–Crippen MR) is 103 cm³/mol. The van der Waals surface area contributed by atoms with Crippen LogP contribution in [0, 0.1) is 6.92 Å². The Bertz CT molecular complexity index is 951. The smallest absolute Gasteiger partial charge is 0.263 e. The minimum Gasteiger partial charge on any atom is -0.492 e. The number of benzene rings is 1. The van der Waals surface area contributed by atoms with Crippen molar-refractivity contribution in [3.63, 3.8) is 0 Å². The number of anilines is 1. The molecule has 1 aromatic carbocycles. The Morgan fingerprint density at radius 1 is 1.23 bits per heavy atom. The van der Waals surface area contributed by atoms with Gasteiger partial charge in [0.2, 0.25) is 5.95 Å². The number of rotatable bonds is 5. The van der Waals surface area contributed by atoms with Crippen LogP contribution in [0.25, 0.3) is 11.0 Å². The number of likely N-dealkylation sites (N-methyl/N-ethyl adjacent to an activating group) is 1. The molecule has 0 spiro atoms. The van der Waals surface area contributed by atoms with Gasteiger partial charge in [0.1, 0.15) is 17.7 Å². The maximum atomic E-state index is 12.4. The van der Waals surface area contributed by atoms with Gasteiger partial charge in [-0.25, -0.2) is 4.68 Å². The molecular formula is C19H25N5O2. The molecular weight excluding hydrogens is 330 g/mol. The fourth-order valence-corrected chi connectivity index (χ4v) is 2.62. The van der Waals surface area contributed by atoms with Gasteiger partial charge in [0.25, 0.3) is 5.56 Å². The molecule has 0 atom stereocenters. The molecule has 0 aliphatic carbocycles. The fraction of sp³-hybridized carbons (Fsp3) is 0.421. The third kappa shape index (κ3) is 3.71. The molecule has 0 saturated heterocycles. The standard InChI is InChI=1S/C19H25N5O2/c1-13-6-8-14(9-7-13)26-11-10-23(5)18-21-16-15(17(25)22-18)12-20-24(16)19(2,3)4/h6-9,12H,10-11H2,1-5H3,(H,21,22,25). The summed E-state index contributed by atoms with van der Waals surface area (Å²) in [6.07, 6.45) is 1.57. The van der Waals surface area contributed by atoms with Crippen LogP contribution in [-0.4, -0.2) is 39.9 Å². The molecule has 1 N–H and O–H groups in total. The largest absolute Gasteiger partial charge is 0.492 e. The van der Waals surface area contributed by atoms with Gasteiger partial charge in [-0.1, -0.05) is 17.7 Å². The minimum absolute atomic E-state index is 0.188. The van der Waals surface area contributed by atoms with E-state index in [0.29, 0.717) is 30.1 Å². The van der Waals surface area contributed by atoms with Crippen molar-refractivity contribution in [3.8, 4) is 5.75 Å². The molecule has 3 rings (SSSR count). The Hall–Kier alpha value is -2.83. The highest BCUT2D eigenvalue weighted by Gasteiger charge is 2.20. The molecule has 0 aliphatic heterocycles. The van der Waals surface area contributed by atoms with E-state index >= 15 is 0 Å². The van der Waals surface area contributed by atoms with Gasteiger partial charge in [0.05, 0.1) is 18.3 Å². The van der Waals surface area contributed by atoms with Gasteiger partial charge >= 0.3 is 0 Å². The lowest BCUT2D eigenvalue weighted by Crippen LogP contribution is -2.29. The molecule has 7 nitrogen and oxygen atoms in total. The molecule has 0 aliphatic rings. The first-order valence-corrected chi connectivity index (χ1v) is 8.65. The second kappa shape index (κ2) is 6.82. The summed E-state index contributed by atoms with van der Waals surface area (Å²) in [5, 5.41) is 4.82. The Morgan fingerprint density at radius 3 is 2.58 bits per heavy atom. The number of nitrogens with zero attached hydrogens (tertiary/aromatic N) is 4. The lowest BCUT2D eigenvalue weighted by Gasteiger charge is -2.21. The van der Waals surface area contributed by atoms with Gasteiger partial charge in [0, 0.05) is 7.05 Å². The van der Waals surface area contributed by atoms with E-state index in [1.807, 2.05) is 63.9 Å². The topological polar surface area (TPSA) is 76.0 Å². The zero-order valence-corrected chi connectivity index (χ0v) is 15.9. The fourth-order valence-electron chi connectivity index (χ4n) is 2.62. The van der Waals surface area contributed by atoms with Gasteiger partial charge in [-0.05, 0) is 39.8 Å². The summed E-state index contributed by atoms with van der Waals surface area (Å²) in [4.78, 5) is 21.7. The molecule has 2 heterocycles. The number of H-pyrrole nitrogens is 1. The van der Waals surface area contributed by atoms with E-state index in [9.17, 15) is 4.79 Å². The quantitative estimate of drug-likeness (QED) is 0.761. The average Bonchev–Trinajstić information content (AvgIpc) is 3.01. The van der Waals surface area contributed by atoms with Crippen LogP contribution < -0.4 is 15.2 Å². The third-order valence-corrected chi connectivity index (χ3v) is 4.14. The Balaban J connectivity index is 1.76. The summed E-state index contributed by atoms with van der Waals surface area (Å²) in [5.41, 5.74) is 1.33. The van der Waals surface area contributed by atoms with Gasteiger partial charge in [-0.3, -0.25) is 9.78 Å². The summed E-state index contributed by atoms with van der Waals surface area (Å²) >= 11 is 0. The van der Waals surface area contributed by atoms with E-state index < -0.39 is 0 Å². The summed E-state index contributed by atoms with van der Waals surface area (Å²) in [5.74, 6) is 1.33. The van der Waals surface area contributed by atoms with Crippen molar-refractivity contribution in [1.29, 1.82) is 0 Å². The van der Waals surface area contributed by atoms with Crippen LogP contribution in [-0.2, 0) is 5.54 Å². The lowest BCUT2D eigenvalue weighted by atomic mass is 10.1.